The molecule has 2 aliphatic heterocycles. The average molecular weight is 324 g/mol. The van der Waals surface area contributed by atoms with E-state index in [0.717, 1.165) is 0 Å². The third kappa shape index (κ3) is 2.02. The van der Waals surface area contributed by atoms with Gasteiger partial charge in [0.2, 0.25) is 5.91 Å². The van der Waals surface area contributed by atoms with Crippen LogP contribution in [0.2, 0.25) is 0 Å². The van der Waals surface area contributed by atoms with Crippen molar-refractivity contribution in [3.05, 3.63) is 29.6 Å². The number of nitrogens with zero attached hydrogens (tertiary/aromatic N) is 2. The Labute approximate surface area is 131 Å². The average Bonchev–Trinajstić information content (AvgIpc) is 2.83. The lowest BCUT2D eigenvalue weighted by Gasteiger charge is -2.42. The van der Waals surface area contributed by atoms with Crippen molar-refractivity contribution in [2.75, 3.05) is 6.54 Å². The molecule has 22 heavy (non-hydrogen) atoms. The molecule has 3 rings (SSSR count). The molecule has 4 atom stereocenters. The number of carbonyl (C=O) groups is 2. The molecule has 0 radical (unpaired) electrons. The fraction of sp³-hybridized carbons (Fsp3) is 0.500. The van der Waals surface area contributed by atoms with E-state index in [1.165, 1.54) is 22.9 Å². The summed E-state index contributed by atoms with van der Waals surface area (Å²) in [6, 6.07) is 3.19. The highest BCUT2D eigenvalue weighted by Crippen LogP contribution is 2.55. The van der Waals surface area contributed by atoms with Crippen molar-refractivity contribution in [3.8, 4) is 0 Å². The Hall–Kier alpha value is -1.64. The number of aliphatic hydroxyl groups excluding tert-OH is 2. The van der Waals surface area contributed by atoms with Gasteiger partial charge < -0.3 is 20.2 Å². The standard InChI is InChI=1S/C14H16N2O5S/c1-7(18)10-11(19)16-6-14(13(20)21,22-12(10)16)8-2-3-9(5-17)15-4-8/h2-4,7,10,12,17-18H,5-6H2,1H3,(H,20,21)/t7-,10+,12-,14?/m1/s1. The van der Waals surface area contributed by atoms with E-state index in [9.17, 15) is 19.8 Å². The quantitative estimate of drug-likeness (QED) is 0.656. The van der Waals surface area contributed by atoms with E-state index in [4.69, 9.17) is 5.11 Å². The molecule has 0 saturated carbocycles. The van der Waals surface area contributed by atoms with Gasteiger partial charge in [0.05, 0.1) is 36.2 Å². The first-order valence-corrected chi connectivity index (χ1v) is 7.74. The fourth-order valence-corrected chi connectivity index (χ4v) is 4.72. The smallest absolute Gasteiger partial charge is 0.326 e. The van der Waals surface area contributed by atoms with Gasteiger partial charge in [-0.1, -0.05) is 6.07 Å². The van der Waals surface area contributed by atoms with Crippen LogP contribution < -0.4 is 0 Å². The van der Waals surface area contributed by atoms with E-state index >= 15 is 0 Å². The van der Waals surface area contributed by atoms with Crippen LogP contribution in [0.25, 0.3) is 0 Å². The Kier molecular flexibility index (Phi) is 3.62. The van der Waals surface area contributed by atoms with Crippen LogP contribution in [0.4, 0.5) is 0 Å². The van der Waals surface area contributed by atoms with Crippen LogP contribution >= 0.6 is 11.8 Å². The van der Waals surface area contributed by atoms with Gasteiger partial charge in [-0.25, -0.2) is 0 Å². The van der Waals surface area contributed by atoms with Crippen LogP contribution in [-0.4, -0.2) is 55.1 Å². The minimum atomic E-state index is -1.29. The summed E-state index contributed by atoms with van der Waals surface area (Å²) in [4.78, 5) is 29.4. The molecular formula is C14H16N2O5S. The number of hydrogen-bond acceptors (Lipinski definition) is 6. The molecule has 7 nitrogen and oxygen atoms in total. The summed E-state index contributed by atoms with van der Waals surface area (Å²) in [6.07, 6.45) is 0.626. The zero-order valence-electron chi connectivity index (χ0n) is 11.8. The minimum absolute atomic E-state index is 0.0554. The number of aliphatic hydroxyl groups is 2. The second-order valence-electron chi connectivity index (χ2n) is 5.57. The molecule has 2 aliphatic rings. The number of carboxylic acids is 1. The molecule has 1 amide bonds. The maximum atomic E-state index is 12.0. The highest BCUT2D eigenvalue weighted by atomic mass is 32.2. The van der Waals surface area contributed by atoms with E-state index in [1.54, 1.807) is 19.1 Å². The normalized spacial score (nSPS) is 31.6. The molecule has 0 bridgehead atoms. The molecule has 1 aromatic heterocycles. The summed E-state index contributed by atoms with van der Waals surface area (Å²) in [5.74, 6) is -1.81. The number of thioether (sulfide) groups is 1. The highest BCUT2D eigenvalue weighted by molar-refractivity contribution is 8.02. The van der Waals surface area contributed by atoms with Gasteiger partial charge in [-0.15, -0.1) is 11.8 Å². The lowest BCUT2D eigenvalue weighted by molar-refractivity contribution is -0.156. The second-order valence-corrected chi connectivity index (χ2v) is 6.99. The summed E-state index contributed by atoms with van der Waals surface area (Å²) in [7, 11) is 0. The minimum Gasteiger partial charge on any atom is -0.480 e. The molecule has 118 valence electrons. The number of aromatic nitrogens is 1. The summed E-state index contributed by atoms with van der Waals surface area (Å²) >= 11 is 1.17. The predicted octanol–water partition coefficient (Wildman–Crippen LogP) is -0.234. The fourth-order valence-electron chi connectivity index (χ4n) is 2.94. The first kappa shape index (κ1) is 15.3. The molecule has 1 aromatic rings. The van der Waals surface area contributed by atoms with Crippen molar-refractivity contribution in [2.24, 2.45) is 5.92 Å². The van der Waals surface area contributed by atoms with Crippen LogP contribution in [0.1, 0.15) is 18.2 Å². The first-order chi connectivity index (χ1) is 10.4. The van der Waals surface area contributed by atoms with E-state index in [1.807, 2.05) is 0 Å². The maximum Gasteiger partial charge on any atom is 0.326 e. The number of fused-ring (bicyclic) bond motifs is 1. The Bertz CT molecular complexity index is 620. The number of carbonyl (C=O) groups excluding carboxylic acids is 1. The van der Waals surface area contributed by atoms with Crippen LogP contribution in [0.15, 0.2) is 18.3 Å². The molecular weight excluding hydrogens is 308 g/mol. The third-order valence-corrected chi connectivity index (χ3v) is 5.95. The summed E-state index contributed by atoms with van der Waals surface area (Å²) < 4.78 is -1.29. The highest BCUT2D eigenvalue weighted by Gasteiger charge is 2.63. The Morgan fingerprint density at radius 1 is 1.59 bits per heavy atom. The van der Waals surface area contributed by atoms with Gasteiger partial charge in [0.25, 0.3) is 0 Å². The zero-order valence-corrected chi connectivity index (χ0v) is 12.7. The van der Waals surface area contributed by atoms with Crippen LogP contribution in [0.3, 0.4) is 0 Å². The van der Waals surface area contributed by atoms with Crippen LogP contribution in [0.5, 0.6) is 0 Å². The van der Waals surface area contributed by atoms with Crippen molar-refractivity contribution in [3.63, 3.8) is 0 Å². The number of β-lactam (4-membered cyclic amide) rings is 1. The molecule has 0 aromatic carbocycles. The number of amides is 1. The largest absolute Gasteiger partial charge is 0.480 e. The molecule has 1 unspecified atom stereocenters. The van der Waals surface area contributed by atoms with Gasteiger partial charge in [0.15, 0.2) is 4.75 Å². The van der Waals surface area contributed by atoms with E-state index < -0.39 is 22.7 Å². The molecule has 2 fully saturated rings. The van der Waals surface area contributed by atoms with Gasteiger partial charge >= 0.3 is 5.97 Å². The predicted molar refractivity (Wildman–Crippen MR) is 77.7 cm³/mol. The Balaban J connectivity index is 1.95. The van der Waals surface area contributed by atoms with E-state index in [2.05, 4.69) is 4.98 Å². The number of rotatable bonds is 4. The molecule has 0 aliphatic carbocycles. The molecule has 8 heteroatoms. The van der Waals surface area contributed by atoms with Crippen molar-refractivity contribution < 1.29 is 24.9 Å². The topological polar surface area (TPSA) is 111 Å². The van der Waals surface area contributed by atoms with Gasteiger partial charge in [-0.2, -0.15) is 0 Å². The van der Waals surface area contributed by atoms with Crippen molar-refractivity contribution in [1.82, 2.24) is 9.88 Å². The third-order valence-electron chi connectivity index (χ3n) is 4.22. The molecule has 2 saturated heterocycles. The van der Waals surface area contributed by atoms with E-state index in [-0.39, 0.29) is 24.4 Å². The molecule has 3 heterocycles. The zero-order chi connectivity index (χ0) is 16.1. The molecule has 3 N–H and O–H groups in total. The van der Waals surface area contributed by atoms with Crippen molar-refractivity contribution in [1.29, 1.82) is 0 Å². The Morgan fingerprint density at radius 2 is 2.32 bits per heavy atom. The second kappa shape index (κ2) is 5.22. The lowest BCUT2D eigenvalue weighted by atomic mass is 9.90. The van der Waals surface area contributed by atoms with Gasteiger partial charge in [-0.05, 0) is 18.6 Å². The number of carboxylic acid groups (broad SMARTS) is 1. The van der Waals surface area contributed by atoms with Crippen molar-refractivity contribution in [2.45, 2.75) is 29.8 Å². The summed E-state index contributed by atoms with van der Waals surface area (Å²) in [5, 5.41) is 28.1. The summed E-state index contributed by atoms with van der Waals surface area (Å²) in [6.45, 7) is 1.38. The number of pyridine rings is 1. The van der Waals surface area contributed by atoms with Gasteiger partial charge in [-0.3, -0.25) is 14.6 Å². The Morgan fingerprint density at radius 3 is 2.82 bits per heavy atom. The van der Waals surface area contributed by atoms with E-state index in [0.29, 0.717) is 11.3 Å². The van der Waals surface area contributed by atoms with Gasteiger partial charge in [0, 0.05) is 6.20 Å². The van der Waals surface area contributed by atoms with Gasteiger partial charge in [0.1, 0.15) is 0 Å². The monoisotopic (exact) mass is 324 g/mol. The number of aliphatic carboxylic acids is 1. The molecule has 0 spiro atoms. The maximum absolute atomic E-state index is 12.0. The summed E-state index contributed by atoms with van der Waals surface area (Å²) in [5.41, 5.74) is 0.933. The lowest BCUT2D eigenvalue weighted by Crippen LogP contribution is -2.60. The SMILES string of the molecule is C[C@@H](O)[C@H]1C(=O)N2CC(C(=O)O)(c3ccc(CO)nc3)S[C@H]12. The number of hydrogen-bond donors (Lipinski definition) is 3. The van der Waals surface area contributed by atoms with Crippen LogP contribution in [-0.2, 0) is 20.9 Å². The van der Waals surface area contributed by atoms with Crippen molar-refractivity contribution >= 4 is 23.6 Å². The first-order valence-electron chi connectivity index (χ1n) is 6.87. The van der Waals surface area contributed by atoms with Crippen LogP contribution in [0, 0.1) is 5.92 Å².